The Balaban J connectivity index is 1.73. The number of nitrogens with zero attached hydrogens (tertiary/aromatic N) is 2. The molecular weight excluding hydrogens is 396 g/mol. The van der Waals surface area contributed by atoms with E-state index in [1.54, 1.807) is 24.3 Å². The molecule has 1 atom stereocenters. The molecule has 1 aromatic heterocycles. The predicted octanol–water partition coefficient (Wildman–Crippen LogP) is 4.08. The third-order valence-electron chi connectivity index (χ3n) is 4.03. The Bertz CT molecular complexity index is 1050. The molecule has 0 fully saturated rings. The van der Waals surface area contributed by atoms with Crippen molar-refractivity contribution in [2.45, 2.75) is 24.7 Å². The minimum absolute atomic E-state index is 0.158. The van der Waals surface area contributed by atoms with Crippen molar-refractivity contribution in [3.05, 3.63) is 76.1 Å². The molecule has 2 aromatic carbocycles. The Morgan fingerprint density at radius 1 is 1.36 bits per heavy atom. The third kappa shape index (κ3) is 4.95. The summed E-state index contributed by atoms with van der Waals surface area (Å²) < 4.78 is 7.17. The van der Waals surface area contributed by atoms with Gasteiger partial charge in [0.15, 0.2) is 5.16 Å². The van der Waals surface area contributed by atoms with Crippen LogP contribution in [0.15, 0.2) is 65.1 Å². The largest absolute Gasteiger partial charge is 0.491 e. The quantitative estimate of drug-likeness (QED) is 0.340. The van der Waals surface area contributed by atoms with Gasteiger partial charge in [-0.05, 0) is 42.8 Å². The molecule has 0 aliphatic rings. The van der Waals surface area contributed by atoms with Crippen molar-refractivity contribution >= 4 is 34.3 Å². The van der Waals surface area contributed by atoms with Gasteiger partial charge in [-0.25, -0.2) is 4.98 Å². The summed E-state index contributed by atoms with van der Waals surface area (Å²) in [4.78, 5) is 17.4. The van der Waals surface area contributed by atoms with Crippen LogP contribution >= 0.6 is 23.4 Å². The summed E-state index contributed by atoms with van der Waals surface area (Å²) in [6, 6.07) is 12.7. The third-order valence-corrected chi connectivity index (χ3v) is 5.39. The zero-order valence-electron chi connectivity index (χ0n) is 15.5. The van der Waals surface area contributed by atoms with E-state index >= 15 is 0 Å². The van der Waals surface area contributed by atoms with Crippen LogP contribution in [0.3, 0.4) is 0 Å². The fourth-order valence-corrected chi connectivity index (χ4v) is 3.78. The molecule has 0 spiro atoms. The number of benzene rings is 2. The van der Waals surface area contributed by atoms with E-state index in [1.807, 2.05) is 31.2 Å². The summed E-state index contributed by atoms with van der Waals surface area (Å²) in [5.74, 6) is 1.06. The number of aliphatic hydroxyl groups excluding tert-OH is 1. The first kappa shape index (κ1) is 20.5. The van der Waals surface area contributed by atoms with Crippen molar-refractivity contribution in [3.8, 4) is 5.75 Å². The van der Waals surface area contributed by atoms with Crippen LogP contribution in [0, 0.1) is 6.92 Å². The van der Waals surface area contributed by atoms with E-state index < -0.39 is 6.10 Å². The Morgan fingerprint density at radius 3 is 2.93 bits per heavy atom. The number of hydrogen-bond acceptors (Lipinski definition) is 5. The van der Waals surface area contributed by atoms with Crippen molar-refractivity contribution in [2.75, 3.05) is 12.4 Å². The molecule has 0 radical (unpaired) electrons. The highest BCUT2D eigenvalue weighted by Crippen LogP contribution is 2.21. The molecule has 3 aromatic rings. The summed E-state index contributed by atoms with van der Waals surface area (Å²) in [5.41, 5.74) is 1.48. The summed E-state index contributed by atoms with van der Waals surface area (Å²) in [7, 11) is 0. The molecule has 0 amide bonds. The maximum Gasteiger partial charge on any atom is 0.262 e. The maximum atomic E-state index is 12.8. The summed E-state index contributed by atoms with van der Waals surface area (Å²) in [6.45, 7) is 6.18. The maximum absolute atomic E-state index is 12.8. The van der Waals surface area contributed by atoms with Gasteiger partial charge in [-0.2, -0.15) is 0 Å². The Hall–Kier alpha value is -2.28. The number of fused-ring (bicyclic) bond motifs is 1. The average Bonchev–Trinajstić information content (AvgIpc) is 2.68. The number of thioether (sulfide) groups is 1. The van der Waals surface area contributed by atoms with Crippen molar-refractivity contribution in [1.29, 1.82) is 0 Å². The highest BCUT2D eigenvalue weighted by molar-refractivity contribution is 7.99. The number of allylic oxidation sites excluding steroid dienone is 1. The monoisotopic (exact) mass is 416 g/mol. The minimum atomic E-state index is -0.708. The number of aryl methyl sites for hydroxylation is 1. The smallest absolute Gasteiger partial charge is 0.262 e. The van der Waals surface area contributed by atoms with Crippen LogP contribution < -0.4 is 10.3 Å². The molecule has 0 aliphatic heterocycles. The molecule has 5 nitrogen and oxygen atoms in total. The van der Waals surface area contributed by atoms with E-state index in [2.05, 4.69) is 11.6 Å². The Kier molecular flexibility index (Phi) is 6.78. The number of rotatable bonds is 8. The second kappa shape index (κ2) is 9.28. The summed E-state index contributed by atoms with van der Waals surface area (Å²) >= 11 is 7.32. The van der Waals surface area contributed by atoms with Crippen LogP contribution in [0.1, 0.15) is 5.56 Å². The molecule has 1 heterocycles. The Morgan fingerprint density at radius 2 is 2.18 bits per heavy atom. The van der Waals surface area contributed by atoms with E-state index in [4.69, 9.17) is 16.3 Å². The van der Waals surface area contributed by atoms with Crippen LogP contribution in [0.25, 0.3) is 10.9 Å². The highest BCUT2D eigenvalue weighted by Gasteiger charge is 2.14. The van der Waals surface area contributed by atoms with Crippen LogP contribution in [-0.2, 0) is 6.54 Å². The first-order valence-corrected chi connectivity index (χ1v) is 10.2. The molecule has 1 N–H and O–H groups in total. The molecule has 0 saturated carbocycles. The van der Waals surface area contributed by atoms with Gasteiger partial charge in [0.1, 0.15) is 12.4 Å². The average molecular weight is 417 g/mol. The van der Waals surface area contributed by atoms with E-state index in [0.717, 1.165) is 5.56 Å². The van der Waals surface area contributed by atoms with Crippen LogP contribution in [-0.4, -0.2) is 33.1 Å². The lowest BCUT2D eigenvalue weighted by Crippen LogP contribution is -2.25. The topological polar surface area (TPSA) is 64.3 Å². The molecule has 28 heavy (non-hydrogen) atoms. The van der Waals surface area contributed by atoms with Crippen molar-refractivity contribution in [1.82, 2.24) is 9.55 Å². The number of aliphatic hydroxyl groups is 1. The highest BCUT2D eigenvalue weighted by atomic mass is 35.5. The molecule has 0 bridgehead atoms. The second-order valence-corrected chi connectivity index (χ2v) is 7.78. The molecule has 3 rings (SSSR count). The van der Waals surface area contributed by atoms with Gasteiger partial charge in [-0.1, -0.05) is 41.6 Å². The number of hydrogen-bond donors (Lipinski definition) is 1. The van der Waals surface area contributed by atoms with Crippen molar-refractivity contribution < 1.29 is 9.84 Å². The van der Waals surface area contributed by atoms with E-state index in [1.165, 1.54) is 16.3 Å². The molecule has 0 saturated heterocycles. The van der Waals surface area contributed by atoms with Gasteiger partial charge in [0, 0.05) is 17.3 Å². The van der Waals surface area contributed by atoms with Crippen LogP contribution in [0.2, 0.25) is 5.02 Å². The zero-order chi connectivity index (χ0) is 20.1. The van der Waals surface area contributed by atoms with Crippen LogP contribution in [0.5, 0.6) is 5.75 Å². The lowest BCUT2D eigenvalue weighted by Gasteiger charge is -2.15. The lowest BCUT2D eigenvalue weighted by atomic mass is 10.2. The Labute approximate surface area is 172 Å². The van der Waals surface area contributed by atoms with E-state index in [0.29, 0.717) is 39.1 Å². The first-order valence-electron chi connectivity index (χ1n) is 8.79. The van der Waals surface area contributed by atoms with Gasteiger partial charge >= 0.3 is 0 Å². The molecule has 0 unspecified atom stereocenters. The van der Waals surface area contributed by atoms with E-state index in [-0.39, 0.29) is 12.2 Å². The SMILES string of the molecule is C=CCn1c(SC[C@@H](O)COc2cccc(C)c2)nc2ccc(Cl)cc2c1=O. The fourth-order valence-electron chi connectivity index (χ4n) is 2.69. The number of ether oxygens (including phenoxy) is 1. The first-order chi connectivity index (χ1) is 13.5. The second-order valence-electron chi connectivity index (χ2n) is 6.35. The van der Waals surface area contributed by atoms with E-state index in [9.17, 15) is 9.90 Å². The summed E-state index contributed by atoms with van der Waals surface area (Å²) in [6.07, 6.45) is 0.932. The van der Waals surface area contributed by atoms with Gasteiger partial charge in [0.25, 0.3) is 5.56 Å². The van der Waals surface area contributed by atoms with Gasteiger partial charge < -0.3 is 9.84 Å². The van der Waals surface area contributed by atoms with Crippen LogP contribution in [0.4, 0.5) is 0 Å². The lowest BCUT2D eigenvalue weighted by molar-refractivity contribution is 0.126. The minimum Gasteiger partial charge on any atom is -0.491 e. The molecule has 7 heteroatoms. The summed E-state index contributed by atoms with van der Waals surface area (Å²) in [5, 5.41) is 11.8. The molecular formula is C21H21ClN2O3S. The normalized spacial score (nSPS) is 12.1. The molecule has 0 aliphatic carbocycles. The fraction of sp³-hybridized carbons (Fsp3) is 0.238. The zero-order valence-corrected chi connectivity index (χ0v) is 17.0. The molecule has 146 valence electrons. The van der Waals surface area contributed by atoms with Gasteiger partial charge in [-0.15, -0.1) is 6.58 Å². The number of halogens is 1. The van der Waals surface area contributed by atoms with Gasteiger partial charge in [-0.3, -0.25) is 9.36 Å². The predicted molar refractivity (Wildman–Crippen MR) is 115 cm³/mol. The van der Waals surface area contributed by atoms with Crippen molar-refractivity contribution in [2.24, 2.45) is 0 Å². The van der Waals surface area contributed by atoms with Gasteiger partial charge in [0.05, 0.1) is 17.0 Å². The number of aromatic nitrogens is 2. The van der Waals surface area contributed by atoms with Gasteiger partial charge in [0.2, 0.25) is 0 Å². The van der Waals surface area contributed by atoms with Crippen molar-refractivity contribution in [3.63, 3.8) is 0 Å². The standard InChI is InChI=1S/C21H21ClN2O3S/c1-3-9-24-20(26)18-11-15(22)7-8-19(18)23-21(24)28-13-16(25)12-27-17-6-4-5-14(2)10-17/h3-8,10-11,16,25H,1,9,12-13H2,2H3/t16-/m0/s1.